The summed E-state index contributed by atoms with van der Waals surface area (Å²) in [4.78, 5) is 28.2. The summed E-state index contributed by atoms with van der Waals surface area (Å²) >= 11 is 0. The SMILES string of the molecule is CC(=O)c1cccc(OC(C)C(=O)NCc2ccc(Oc3cc(C)ccc3C)nc2)c1. The molecule has 1 aromatic heterocycles. The van der Waals surface area contributed by atoms with Gasteiger partial charge in [-0.05, 0) is 62.6 Å². The third kappa shape index (κ3) is 6.15. The molecule has 1 unspecified atom stereocenters. The van der Waals surface area contributed by atoms with Gasteiger partial charge in [-0.3, -0.25) is 9.59 Å². The number of aryl methyl sites for hydroxylation is 2. The van der Waals surface area contributed by atoms with Gasteiger partial charge in [0.1, 0.15) is 11.5 Å². The molecule has 0 aliphatic heterocycles. The molecule has 31 heavy (non-hydrogen) atoms. The van der Waals surface area contributed by atoms with Crippen molar-refractivity contribution in [3.8, 4) is 17.4 Å². The number of ketones is 1. The number of nitrogens with zero attached hydrogens (tertiary/aromatic N) is 1. The summed E-state index contributed by atoms with van der Waals surface area (Å²) in [7, 11) is 0. The molecule has 6 heteroatoms. The molecule has 0 aliphatic carbocycles. The molecule has 1 amide bonds. The lowest BCUT2D eigenvalue weighted by Gasteiger charge is -2.15. The first-order valence-corrected chi connectivity index (χ1v) is 10.1. The van der Waals surface area contributed by atoms with Gasteiger partial charge in [0.05, 0.1) is 0 Å². The van der Waals surface area contributed by atoms with Gasteiger partial charge in [0, 0.05) is 24.4 Å². The standard InChI is InChI=1S/C25H26N2O4/c1-16-8-9-17(2)23(12-16)31-24-11-10-20(14-26-24)15-27-25(29)19(4)30-22-7-5-6-21(13-22)18(3)28/h5-14,19H,15H2,1-4H3,(H,27,29). The van der Waals surface area contributed by atoms with E-state index in [2.05, 4.69) is 10.3 Å². The summed E-state index contributed by atoms with van der Waals surface area (Å²) in [5, 5.41) is 2.83. The highest BCUT2D eigenvalue weighted by Gasteiger charge is 2.15. The molecule has 0 bridgehead atoms. The van der Waals surface area contributed by atoms with Crippen molar-refractivity contribution in [3.05, 3.63) is 83.0 Å². The highest BCUT2D eigenvalue weighted by Crippen LogP contribution is 2.24. The minimum absolute atomic E-state index is 0.0555. The van der Waals surface area contributed by atoms with Crippen LogP contribution >= 0.6 is 0 Å². The first-order chi connectivity index (χ1) is 14.8. The Labute approximate surface area is 182 Å². The number of nitrogens with one attached hydrogen (secondary N) is 1. The van der Waals surface area contributed by atoms with E-state index >= 15 is 0 Å². The predicted octanol–water partition coefficient (Wildman–Crippen LogP) is 4.78. The van der Waals surface area contributed by atoms with Crippen molar-refractivity contribution >= 4 is 11.7 Å². The van der Waals surface area contributed by atoms with Crippen LogP contribution in [-0.4, -0.2) is 22.8 Å². The summed E-state index contributed by atoms with van der Waals surface area (Å²) in [6.07, 6.45) is 0.963. The van der Waals surface area contributed by atoms with E-state index < -0.39 is 6.10 Å². The second-order valence-corrected chi connectivity index (χ2v) is 7.44. The topological polar surface area (TPSA) is 77.5 Å². The number of Topliss-reactive ketones (excluding diaryl/α,β-unsaturated/α-hetero) is 1. The summed E-state index contributed by atoms with van der Waals surface area (Å²) in [5.41, 5.74) is 3.53. The fourth-order valence-electron chi connectivity index (χ4n) is 2.88. The molecule has 1 N–H and O–H groups in total. The van der Waals surface area contributed by atoms with Crippen molar-refractivity contribution in [2.45, 2.75) is 40.3 Å². The fourth-order valence-corrected chi connectivity index (χ4v) is 2.88. The van der Waals surface area contributed by atoms with E-state index in [1.807, 2.05) is 38.1 Å². The van der Waals surface area contributed by atoms with Crippen LogP contribution in [0.2, 0.25) is 0 Å². The van der Waals surface area contributed by atoms with Crippen LogP contribution in [0.5, 0.6) is 17.4 Å². The first kappa shape index (κ1) is 22.0. The summed E-state index contributed by atoms with van der Waals surface area (Å²) in [5.74, 6) is 1.42. The zero-order valence-corrected chi connectivity index (χ0v) is 18.1. The van der Waals surface area contributed by atoms with Gasteiger partial charge in [0.25, 0.3) is 5.91 Å². The van der Waals surface area contributed by atoms with Gasteiger partial charge in [-0.15, -0.1) is 0 Å². The fraction of sp³-hybridized carbons (Fsp3) is 0.240. The molecular weight excluding hydrogens is 392 g/mol. The molecule has 2 aromatic carbocycles. The average molecular weight is 418 g/mol. The second kappa shape index (κ2) is 9.89. The van der Waals surface area contributed by atoms with Crippen LogP contribution < -0.4 is 14.8 Å². The lowest BCUT2D eigenvalue weighted by molar-refractivity contribution is -0.127. The number of hydrogen-bond acceptors (Lipinski definition) is 5. The normalized spacial score (nSPS) is 11.5. The van der Waals surface area contributed by atoms with Crippen LogP contribution in [0.25, 0.3) is 0 Å². The number of amides is 1. The summed E-state index contributed by atoms with van der Waals surface area (Å²) in [6, 6.07) is 16.4. The quantitative estimate of drug-likeness (QED) is 0.533. The van der Waals surface area contributed by atoms with Crippen molar-refractivity contribution in [1.82, 2.24) is 10.3 Å². The van der Waals surface area contributed by atoms with Gasteiger partial charge in [0.15, 0.2) is 11.9 Å². The molecule has 0 saturated carbocycles. The van der Waals surface area contributed by atoms with E-state index in [-0.39, 0.29) is 11.7 Å². The molecule has 1 heterocycles. The Bertz CT molecular complexity index is 1080. The number of hydrogen-bond donors (Lipinski definition) is 1. The van der Waals surface area contributed by atoms with Crippen LogP contribution in [0.1, 0.15) is 40.9 Å². The van der Waals surface area contributed by atoms with Crippen LogP contribution in [0, 0.1) is 13.8 Å². The smallest absolute Gasteiger partial charge is 0.261 e. The molecule has 6 nitrogen and oxygen atoms in total. The third-order valence-corrected chi connectivity index (χ3v) is 4.75. The number of carbonyl (C=O) groups excluding carboxylic acids is 2. The Morgan fingerprint density at radius 1 is 1.06 bits per heavy atom. The lowest BCUT2D eigenvalue weighted by Crippen LogP contribution is -2.35. The Morgan fingerprint density at radius 2 is 1.87 bits per heavy atom. The zero-order chi connectivity index (χ0) is 22.4. The lowest BCUT2D eigenvalue weighted by atomic mass is 10.1. The van der Waals surface area contributed by atoms with E-state index in [1.165, 1.54) is 6.92 Å². The molecule has 0 spiro atoms. The maximum Gasteiger partial charge on any atom is 0.261 e. The van der Waals surface area contributed by atoms with E-state index in [0.717, 1.165) is 22.4 Å². The zero-order valence-electron chi connectivity index (χ0n) is 18.1. The molecule has 160 valence electrons. The Kier molecular flexibility index (Phi) is 7.03. The van der Waals surface area contributed by atoms with E-state index in [4.69, 9.17) is 9.47 Å². The van der Waals surface area contributed by atoms with Gasteiger partial charge >= 0.3 is 0 Å². The maximum atomic E-state index is 12.4. The molecule has 3 rings (SSSR count). The van der Waals surface area contributed by atoms with Crippen molar-refractivity contribution in [2.24, 2.45) is 0 Å². The van der Waals surface area contributed by atoms with Gasteiger partial charge in [-0.1, -0.05) is 30.3 Å². The molecule has 1 atom stereocenters. The molecular formula is C25H26N2O4. The van der Waals surface area contributed by atoms with Crippen LogP contribution in [-0.2, 0) is 11.3 Å². The van der Waals surface area contributed by atoms with Crippen LogP contribution in [0.4, 0.5) is 0 Å². The first-order valence-electron chi connectivity index (χ1n) is 10.1. The maximum absolute atomic E-state index is 12.4. The van der Waals surface area contributed by atoms with Crippen molar-refractivity contribution in [3.63, 3.8) is 0 Å². The number of ether oxygens (including phenoxy) is 2. The Hall–Kier alpha value is -3.67. The molecule has 0 fully saturated rings. The second-order valence-electron chi connectivity index (χ2n) is 7.44. The monoisotopic (exact) mass is 418 g/mol. The minimum Gasteiger partial charge on any atom is -0.481 e. The van der Waals surface area contributed by atoms with E-state index in [1.54, 1.807) is 43.5 Å². The van der Waals surface area contributed by atoms with E-state index in [0.29, 0.717) is 23.7 Å². The predicted molar refractivity (Wildman–Crippen MR) is 119 cm³/mol. The van der Waals surface area contributed by atoms with Crippen molar-refractivity contribution in [2.75, 3.05) is 0 Å². The molecule has 0 radical (unpaired) electrons. The van der Waals surface area contributed by atoms with Crippen LogP contribution in [0.3, 0.4) is 0 Å². The van der Waals surface area contributed by atoms with Crippen LogP contribution in [0.15, 0.2) is 60.8 Å². The van der Waals surface area contributed by atoms with Gasteiger partial charge in [0.2, 0.25) is 5.88 Å². The van der Waals surface area contributed by atoms with Gasteiger partial charge in [-0.25, -0.2) is 4.98 Å². The molecule has 0 saturated heterocycles. The van der Waals surface area contributed by atoms with Gasteiger partial charge < -0.3 is 14.8 Å². The molecule has 3 aromatic rings. The van der Waals surface area contributed by atoms with E-state index in [9.17, 15) is 9.59 Å². The number of pyridine rings is 1. The third-order valence-electron chi connectivity index (χ3n) is 4.75. The van der Waals surface area contributed by atoms with Crippen molar-refractivity contribution < 1.29 is 19.1 Å². The van der Waals surface area contributed by atoms with Crippen molar-refractivity contribution in [1.29, 1.82) is 0 Å². The number of carbonyl (C=O) groups is 2. The average Bonchev–Trinajstić information content (AvgIpc) is 2.75. The number of benzene rings is 2. The highest BCUT2D eigenvalue weighted by atomic mass is 16.5. The minimum atomic E-state index is -0.706. The Morgan fingerprint density at radius 3 is 2.58 bits per heavy atom. The number of rotatable bonds is 8. The highest BCUT2D eigenvalue weighted by molar-refractivity contribution is 5.94. The van der Waals surface area contributed by atoms with Gasteiger partial charge in [-0.2, -0.15) is 0 Å². The summed E-state index contributed by atoms with van der Waals surface area (Å²) < 4.78 is 11.5. The largest absolute Gasteiger partial charge is 0.481 e. The number of aromatic nitrogens is 1. The summed E-state index contributed by atoms with van der Waals surface area (Å²) in [6.45, 7) is 7.46. The Balaban J connectivity index is 1.53. The molecule has 0 aliphatic rings.